The maximum atomic E-state index is 12.6. The molecule has 0 aliphatic carbocycles. The Balaban J connectivity index is 1.55. The van der Waals surface area contributed by atoms with E-state index in [2.05, 4.69) is 36.2 Å². The van der Waals surface area contributed by atoms with Gasteiger partial charge in [-0.1, -0.05) is 29.8 Å². The van der Waals surface area contributed by atoms with Gasteiger partial charge in [-0.25, -0.2) is 0 Å². The number of rotatable bonds is 5. The summed E-state index contributed by atoms with van der Waals surface area (Å²) in [4.78, 5) is 18.7. The fraction of sp³-hybridized carbons (Fsp3) is 0.368. The second-order valence-corrected chi connectivity index (χ2v) is 6.99. The third kappa shape index (κ3) is 4.14. The third-order valence-electron chi connectivity index (χ3n) is 4.24. The van der Waals surface area contributed by atoms with Gasteiger partial charge in [-0.3, -0.25) is 9.78 Å². The average molecular weight is 326 g/mol. The van der Waals surface area contributed by atoms with Crippen molar-refractivity contribution in [2.24, 2.45) is 0 Å². The standard InChI is InChI=1S/C19H22N2OS/c1-15-4-2-5-16(12-15)13-23-14-19(22)21-11-3-6-18(21)17-7-9-20-10-8-17/h2,4-5,7-10,12,18H,3,6,11,13-14H2,1H3. The van der Waals surface area contributed by atoms with E-state index in [0.29, 0.717) is 5.75 Å². The van der Waals surface area contributed by atoms with Gasteiger partial charge in [0.1, 0.15) is 0 Å². The van der Waals surface area contributed by atoms with Crippen LogP contribution in [0.25, 0.3) is 0 Å². The van der Waals surface area contributed by atoms with Crippen molar-refractivity contribution in [2.45, 2.75) is 31.6 Å². The smallest absolute Gasteiger partial charge is 0.233 e. The van der Waals surface area contributed by atoms with E-state index in [-0.39, 0.29) is 11.9 Å². The SMILES string of the molecule is Cc1cccc(CSCC(=O)N2CCCC2c2ccncc2)c1. The molecule has 1 amide bonds. The van der Waals surface area contributed by atoms with E-state index in [1.54, 1.807) is 11.8 Å². The third-order valence-corrected chi connectivity index (χ3v) is 5.23. The number of pyridine rings is 1. The molecule has 1 aromatic heterocycles. The van der Waals surface area contributed by atoms with Gasteiger partial charge >= 0.3 is 0 Å². The Morgan fingerprint density at radius 3 is 2.91 bits per heavy atom. The number of amides is 1. The summed E-state index contributed by atoms with van der Waals surface area (Å²) < 4.78 is 0. The fourth-order valence-corrected chi connectivity index (χ4v) is 4.00. The summed E-state index contributed by atoms with van der Waals surface area (Å²) in [5.74, 6) is 1.69. The lowest BCUT2D eigenvalue weighted by molar-refractivity contribution is -0.129. The van der Waals surface area contributed by atoms with E-state index >= 15 is 0 Å². The molecular formula is C19H22N2OS. The molecule has 0 spiro atoms. The number of likely N-dealkylation sites (tertiary alicyclic amines) is 1. The molecule has 2 aromatic rings. The Morgan fingerprint density at radius 2 is 2.13 bits per heavy atom. The monoisotopic (exact) mass is 326 g/mol. The van der Waals surface area contributed by atoms with Crippen LogP contribution in [0.2, 0.25) is 0 Å². The molecule has 3 nitrogen and oxygen atoms in total. The van der Waals surface area contributed by atoms with Crippen molar-refractivity contribution in [3.63, 3.8) is 0 Å². The van der Waals surface area contributed by atoms with E-state index in [1.165, 1.54) is 16.7 Å². The topological polar surface area (TPSA) is 33.2 Å². The minimum absolute atomic E-state index is 0.227. The van der Waals surface area contributed by atoms with Crippen LogP contribution < -0.4 is 0 Å². The Hall–Kier alpha value is -1.81. The molecule has 1 aliphatic heterocycles. The van der Waals surface area contributed by atoms with Crippen LogP contribution in [0, 0.1) is 6.92 Å². The maximum absolute atomic E-state index is 12.6. The van der Waals surface area contributed by atoms with Gasteiger partial charge in [0.05, 0.1) is 11.8 Å². The minimum atomic E-state index is 0.227. The van der Waals surface area contributed by atoms with Gasteiger partial charge in [0, 0.05) is 24.7 Å². The summed E-state index contributed by atoms with van der Waals surface area (Å²) in [7, 11) is 0. The molecule has 1 unspecified atom stereocenters. The molecule has 23 heavy (non-hydrogen) atoms. The summed E-state index contributed by atoms with van der Waals surface area (Å²) in [6, 6.07) is 12.8. The van der Waals surface area contributed by atoms with Crippen molar-refractivity contribution < 1.29 is 4.79 Å². The van der Waals surface area contributed by atoms with Crippen LogP contribution in [-0.4, -0.2) is 28.1 Å². The predicted molar refractivity (Wildman–Crippen MR) is 95.3 cm³/mol. The second kappa shape index (κ2) is 7.64. The number of aromatic nitrogens is 1. The highest BCUT2D eigenvalue weighted by molar-refractivity contribution is 7.99. The number of carbonyl (C=O) groups excluding carboxylic acids is 1. The second-order valence-electron chi connectivity index (χ2n) is 6.01. The first-order valence-electron chi connectivity index (χ1n) is 8.07. The van der Waals surface area contributed by atoms with Crippen LogP contribution in [0.1, 0.15) is 35.6 Å². The molecule has 1 fully saturated rings. The zero-order chi connectivity index (χ0) is 16.1. The number of benzene rings is 1. The number of carbonyl (C=O) groups is 1. The largest absolute Gasteiger partial charge is 0.335 e. The molecular weight excluding hydrogens is 304 g/mol. The zero-order valence-electron chi connectivity index (χ0n) is 13.4. The first-order chi connectivity index (χ1) is 11.2. The summed E-state index contributed by atoms with van der Waals surface area (Å²) in [6.07, 6.45) is 5.76. The van der Waals surface area contributed by atoms with Gasteiger partial charge in [0.25, 0.3) is 0 Å². The first kappa shape index (κ1) is 16.1. The van der Waals surface area contributed by atoms with E-state index < -0.39 is 0 Å². The molecule has 2 heterocycles. The highest BCUT2D eigenvalue weighted by Crippen LogP contribution is 2.32. The lowest BCUT2D eigenvalue weighted by atomic mass is 10.1. The predicted octanol–water partition coefficient (Wildman–Crippen LogP) is 3.99. The van der Waals surface area contributed by atoms with E-state index in [0.717, 1.165) is 25.1 Å². The fourth-order valence-electron chi connectivity index (χ4n) is 3.14. The van der Waals surface area contributed by atoms with Crippen molar-refractivity contribution in [3.05, 3.63) is 65.5 Å². The van der Waals surface area contributed by atoms with Crippen LogP contribution in [0.5, 0.6) is 0 Å². The summed E-state index contributed by atoms with van der Waals surface area (Å²) >= 11 is 1.70. The number of thioether (sulfide) groups is 1. The van der Waals surface area contributed by atoms with Gasteiger partial charge in [0.2, 0.25) is 5.91 Å². The molecule has 1 aliphatic rings. The molecule has 0 saturated carbocycles. The van der Waals surface area contributed by atoms with Crippen molar-refractivity contribution in [3.8, 4) is 0 Å². The first-order valence-corrected chi connectivity index (χ1v) is 9.22. The van der Waals surface area contributed by atoms with Crippen LogP contribution in [0.4, 0.5) is 0 Å². The van der Waals surface area contributed by atoms with Gasteiger partial charge in [-0.05, 0) is 43.0 Å². The maximum Gasteiger partial charge on any atom is 0.233 e. The van der Waals surface area contributed by atoms with Crippen molar-refractivity contribution >= 4 is 17.7 Å². The van der Waals surface area contributed by atoms with Crippen LogP contribution in [0.3, 0.4) is 0 Å². The van der Waals surface area contributed by atoms with Gasteiger partial charge < -0.3 is 4.90 Å². The average Bonchev–Trinajstić information content (AvgIpc) is 3.05. The molecule has 1 aromatic carbocycles. The minimum Gasteiger partial charge on any atom is -0.335 e. The van der Waals surface area contributed by atoms with Crippen LogP contribution >= 0.6 is 11.8 Å². The lowest BCUT2D eigenvalue weighted by Crippen LogP contribution is -2.32. The highest BCUT2D eigenvalue weighted by atomic mass is 32.2. The molecule has 4 heteroatoms. The van der Waals surface area contributed by atoms with E-state index in [4.69, 9.17) is 0 Å². The summed E-state index contributed by atoms with van der Waals surface area (Å²) in [6.45, 7) is 2.97. The van der Waals surface area contributed by atoms with Crippen molar-refractivity contribution in [1.29, 1.82) is 0 Å². The van der Waals surface area contributed by atoms with E-state index in [9.17, 15) is 4.79 Å². The molecule has 0 N–H and O–H groups in total. The van der Waals surface area contributed by atoms with Gasteiger partial charge in [0.15, 0.2) is 0 Å². The Bertz CT molecular complexity index is 659. The zero-order valence-corrected chi connectivity index (χ0v) is 14.3. The molecule has 0 bridgehead atoms. The number of hydrogen-bond acceptors (Lipinski definition) is 3. The molecule has 1 atom stereocenters. The van der Waals surface area contributed by atoms with Crippen molar-refractivity contribution in [2.75, 3.05) is 12.3 Å². The Labute approximate surface area is 142 Å². The number of hydrogen-bond donors (Lipinski definition) is 0. The van der Waals surface area contributed by atoms with Gasteiger partial charge in [-0.2, -0.15) is 0 Å². The van der Waals surface area contributed by atoms with Crippen LogP contribution in [0.15, 0.2) is 48.8 Å². The molecule has 120 valence electrons. The van der Waals surface area contributed by atoms with E-state index in [1.807, 2.05) is 29.4 Å². The lowest BCUT2D eigenvalue weighted by Gasteiger charge is -2.25. The Morgan fingerprint density at radius 1 is 1.30 bits per heavy atom. The highest BCUT2D eigenvalue weighted by Gasteiger charge is 2.29. The molecule has 3 rings (SSSR count). The molecule has 1 saturated heterocycles. The summed E-state index contributed by atoms with van der Waals surface area (Å²) in [5.41, 5.74) is 3.76. The van der Waals surface area contributed by atoms with Gasteiger partial charge in [-0.15, -0.1) is 11.8 Å². The van der Waals surface area contributed by atoms with Crippen molar-refractivity contribution in [1.82, 2.24) is 9.88 Å². The number of aryl methyl sites for hydroxylation is 1. The number of nitrogens with zero attached hydrogens (tertiary/aromatic N) is 2. The molecule has 0 radical (unpaired) electrons. The van der Waals surface area contributed by atoms with Crippen LogP contribution in [-0.2, 0) is 10.5 Å². The summed E-state index contributed by atoms with van der Waals surface area (Å²) in [5, 5.41) is 0. The Kier molecular flexibility index (Phi) is 5.34. The quantitative estimate of drug-likeness (QED) is 0.833. The normalized spacial score (nSPS) is 17.4.